The molecule has 0 saturated heterocycles. The highest BCUT2D eigenvalue weighted by molar-refractivity contribution is 6.30. The Morgan fingerprint density at radius 1 is 1.33 bits per heavy atom. The van der Waals surface area contributed by atoms with E-state index in [9.17, 15) is 4.39 Å². The highest BCUT2D eigenvalue weighted by Gasteiger charge is 2.14. The summed E-state index contributed by atoms with van der Waals surface area (Å²) in [6.45, 7) is 3.92. The predicted molar refractivity (Wildman–Crippen MR) is 67.8 cm³/mol. The number of nitrogens with one attached hydrogen (secondary N) is 2. The fraction of sp³-hybridized carbons (Fsp3) is 0.333. The average molecular weight is 269 g/mol. The molecule has 2 N–H and O–H groups in total. The fourth-order valence-electron chi connectivity index (χ4n) is 1.76. The van der Waals surface area contributed by atoms with Gasteiger partial charge in [-0.2, -0.15) is 5.10 Å². The summed E-state index contributed by atoms with van der Waals surface area (Å²) < 4.78 is 13.4. The number of hydrogen-bond acceptors (Lipinski definition) is 3. The van der Waals surface area contributed by atoms with Crippen LogP contribution >= 0.6 is 11.6 Å². The molecule has 2 unspecified atom stereocenters. The first-order valence-corrected chi connectivity index (χ1v) is 6.02. The highest BCUT2D eigenvalue weighted by atomic mass is 35.5. The molecule has 0 bridgehead atoms. The Morgan fingerprint density at radius 2 is 2.11 bits per heavy atom. The zero-order valence-corrected chi connectivity index (χ0v) is 10.9. The summed E-state index contributed by atoms with van der Waals surface area (Å²) in [6, 6.07) is 4.78. The quantitative estimate of drug-likeness (QED) is 0.896. The third-order valence-electron chi connectivity index (χ3n) is 2.79. The smallest absolute Gasteiger partial charge is 0.142 e. The van der Waals surface area contributed by atoms with Crippen LogP contribution in [0.2, 0.25) is 5.02 Å². The van der Waals surface area contributed by atoms with Crippen LogP contribution in [-0.2, 0) is 0 Å². The summed E-state index contributed by atoms with van der Waals surface area (Å²) in [5.41, 5.74) is 0.836. The molecule has 0 fully saturated rings. The molecule has 0 radical (unpaired) electrons. The van der Waals surface area contributed by atoms with Gasteiger partial charge in [-0.25, -0.2) is 9.37 Å². The minimum absolute atomic E-state index is 0.00115. The Bertz CT molecular complexity index is 515. The average Bonchev–Trinajstić information content (AvgIpc) is 2.86. The van der Waals surface area contributed by atoms with Gasteiger partial charge in [0, 0.05) is 6.04 Å². The summed E-state index contributed by atoms with van der Waals surface area (Å²) in [6.07, 6.45) is 1.46. The minimum Gasteiger partial charge on any atom is -0.301 e. The lowest BCUT2D eigenvalue weighted by Crippen LogP contribution is -2.23. The van der Waals surface area contributed by atoms with Crippen LogP contribution in [0.1, 0.15) is 37.3 Å². The lowest BCUT2D eigenvalue weighted by atomic mass is 10.1. The number of rotatable bonds is 4. The van der Waals surface area contributed by atoms with Gasteiger partial charge in [-0.15, -0.1) is 0 Å². The van der Waals surface area contributed by atoms with Gasteiger partial charge in [-0.3, -0.25) is 5.10 Å². The molecule has 2 rings (SSSR count). The van der Waals surface area contributed by atoms with Crippen molar-refractivity contribution in [3.63, 3.8) is 0 Å². The van der Waals surface area contributed by atoms with Gasteiger partial charge in [-0.1, -0.05) is 17.7 Å². The van der Waals surface area contributed by atoms with Crippen molar-refractivity contribution in [3.8, 4) is 0 Å². The maximum atomic E-state index is 13.4. The van der Waals surface area contributed by atoms with E-state index in [0.29, 0.717) is 0 Å². The molecule has 0 spiro atoms. The molecule has 0 saturated carbocycles. The zero-order valence-electron chi connectivity index (χ0n) is 10.1. The van der Waals surface area contributed by atoms with Gasteiger partial charge < -0.3 is 5.32 Å². The molecule has 0 amide bonds. The summed E-state index contributed by atoms with van der Waals surface area (Å²) in [5, 5.41) is 10.0. The monoisotopic (exact) mass is 268 g/mol. The van der Waals surface area contributed by atoms with Gasteiger partial charge in [-0.05, 0) is 31.5 Å². The molecule has 0 aliphatic heterocycles. The van der Waals surface area contributed by atoms with Crippen molar-refractivity contribution < 1.29 is 4.39 Å². The van der Waals surface area contributed by atoms with E-state index in [2.05, 4.69) is 20.5 Å². The van der Waals surface area contributed by atoms with Crippen molar-refractivity contribution in [2.75, 3.05) is 0 Å². The van der Waals surface area contributed by atoms with E-state index in [1.807, 2.05) is 13.8 Å². The van der Waals surface area contributed by atoms with Gasteiger partial charge in [0.15, 0.2) is 0 Å². The minimum atomic E-state index is -0.407. The third kappa shape index (κ3) is 2.86. The molecule has 1 aromatic heterocycles. The number of H-pyrrole nitrogens is 1. The summed E-state index contributed by atoms with van der Waals surface area (Å²) in [7, 11) is 0. The van der Waals surface area contributed by atoms with Crippen LogP contribution < -0.4 is 5.32 Å². The van der Waals surface area contributed by atoms with Gasteiger partial charge in [0.05, 0.1) is 11.1 Å². The number of hydrogen-bond donors (Lipinski definition) is 2. The first kappa shape index (κ1) is 13.0. The molecule has 1 heterocycles. The molecule has 1 aromatic carbocycles. The van der Waals surface area contributed by atoms with Gasteiger partial charge in [0.2, 0.25) is 0 Å². The zero-order chi connectivity index (χ0) is 13.1. The molecule has 2 aromatic rings. The first-order valence-electron chi connectivity index (χ1n) is 5.64. The second kappa shape index (κ2) is 5.46. The van der Waals surface area contributed by atoms with Crippen LogP contribution in [0.4, 0.5) is 4.39 Å². The number of nitrogens with zero attached hydrogens (tertiary/aromatic N) is 2. The Hall–Kier alpha value is -1.46. The van der Waals surface area contributed by atoms with Crippen molar-refractivity contribution in [3.05, 3.63) is 46.8 Å². The van der Waals surface area contributed by atoms with Gasteiger partial charge >= 0.3 is 0 Å². The van der Waals surface area contributed by atoms with Crippen LogP contribution in [0.3, 0.4) is 0 Å². The second-order valence-corrected chi connectivity index (χ2v) is 4.56. The van der Waals surface area contributed by atoms with Crippen molar-refractivity contribution in [2.24, 2.45) is 0 Å². The Kier molecular flexibility index (Phi) is 3.93. The SMILES string of the molecule is CC(NC(C)c1ncn[nH]1)c1ccc(Cl)c(F)c1. The summed E-state index contributed by atoms with van der Waals surface area (Å²) in [4.78, 5) is 4.07. The molecule has 0 aliphatic carbocycles. The van der Waals surface area contributed by atoms with E-state index in [1.54, 1.807) is 12.1 Å². The second-order valence-electron chi connectivity index (χ2n) is 4.15. The lowest BCUT2D eigenvalue weighted by molar-refractivity contribution is 0.475. The van der Waals surface area contributed by atoms with Crippen molar-refractivity contribution in [1.29, 1.82) is 0 Å². The van der Waals surface area contributed by atoms with Gasteiger partial charge in [0.25, 0.3) is 0 Å². The largest absolute Gasteiger partial charge is 0.301 e. The van der Waals surface area contributed by atoms with E-state index in [0.717, 1.165) is 11.4 Å². The normalized spacial score (nSPS) is 14.4. The third-order valence-corrected chi connectivity index (χ3v) is 3.09. The maximum Gasteiger partial charge on any atom is 0.142 e. The van der Waals surface area contributed by atoms with Crippen molar-refractivity contribution in [1.82, 2.24) is 20.5 Å². The Labute approximate surface area is 110 Å². The number of benzene rings is 1. The number of aromatic amines is 1. The topological polar surface area (TPSA) is 53.6 Å². The molecular formula is C12H14ClFN4. The molecular weight excluding hydrogens is 255 g/mol. The summed E-state index contributed by atoms with van der Waals surface area (Å²) in [5.74, 6) is 0.339. The van der Waals surface area contributed by atoms with E-state index in [1.165, 1.54) is 12.4 Å². The van der Waals surface area contributed by atoms with Gasteiger partial charge in [0.1, 0.15) is 18.0 Å². The van der Waals surface area contributed by atoms with E-state index < -0.39 is 5.82 Å². The number of halogens is 2. The molecule has 2 atom stereocenters. The lowest BCUT2D eigenvalue weighted by Gasteiger charge is -2.18. The molecule has 0 aliphatic rings. The fourth-order valence-corrected chi connectivity index (χ4v) is 1.87. The first-order chi connectivity index (χ1) is 8.58. The summed E-state index contributed by atoms with van der Waals surface area (Å²) >= 11 is 5.65. The highest BCUT2D eigenvalue weighted by Crippen LogP contribution is 2.21. The predicted octanol–water partition coefficient (Wildman–Crippen LogP) is 3.01. The number of aromatic nitrogens is 3. The van der Waals surface area contributed by atoms with Crippen molar-refractivity contribution in [2.45, 2.75) is 25.9 Å². The van der Waals surface area contributed by atoms with E-state index in [4.69, 9.17) is 11.6 Å². The maximum absolute atomic E-state index is 13.4. The Balaban J connectivity index is 2.07. The van der Waals surface area contributed by atoms with Crippen LogP contribution in [0.5, 0.6) is 0 Å². The van der Waals surface area contributed by atoms with E-state index >= 15 is 0 Å². The molecule has 4 nitrogen and oxygen atoms in total. The molecule has 96 valence electrons. The molecule has 18 heavy (non-hydrogen) atoms. The van der Waals surface area contributed by atoms with E-state index in [-0.39, 0.29) is 17.1 Å². The van der Waals surface area contributed by atoms with Crippen LogP contribution in [0.15, 0.2) is 24.5 Å². The van der Waals surface area contributed by atoms with Crippen LogP contribution in [0.25, 0.3) is 0 Å². The Morgan fingerprint density at radius 3 is 2.72 bits per heavy atom. The van der Waals surface area contributed by atoms with Crippen LogP contribution in [0, 0.1) is 5.82 Å². The molecule has 6 heteroatoms. The van der Waals surface area contributed by atoms with Crippen LogP contribution in [-0.4, -0.2) is 15.2 Å². The van der Waals surface area contributed by atoms with Crippen molar-refractivity contribution >= 4 is 11.6 Å². The standard InChI is InChI=1S/C12H14ClFN4/c1-7(9-3-4-10(13)11(14)5-9)17-8(2)12-15-6-16-18-12/h3-8,17H,1-2H3,(H,15,16,18).